The van der Waals surface area contributed by atoms with E-state index in [9.17, 15) is 4.79 Å². The number of nitrogens with two attached hydrogens (primary N) is 1. The highest BCUT2D eigenvalue weighted by molar-refractivity contribution is 5.81. The van der Waals surface area contributed by atoms with Gasteiger partial charge in [0.15, 0.2) is 0 Å². The predicted octanol–water partition coefficient (Wildman–Crippen LogP) is 2.77. The van der Waals surface area contributed by atoms with Crippen LogP contribution in [0.25, 0.3) is 0 Å². The van der Waals surface area contributed by atoms with Crippen molar-refractivity contribution in [1.29, 1.82) is 0 Å². The lowest BCUT2D eigenvalue weighted by Crippen LogP contribution is -2.46. The Morgan fingerprint density at radius 2 is 1.59 bits per heavy atom. The largest absolute Gasteiger partial charge is 0.381 e. The van der Waals surface area contributed by atoms with Crippen LogP contribution < -0.4 is 11.1 Å². The second-order valence-electron chi connectivity index (χ2n) is 6.99. The molecule has 0 saturated carbocycles. The molecule has 5 heteroatoms. The summed E-state index contributed by atoms with van der Waals surface area (Å²) >= 11 is 0. The SMILES string of the molecule is NC(C(=O)NCc1ccc(COCc2ccccc2)cc1)C1CCOCC1. The predicted molar refractivity (Wildman–Crippen MR) is 105 cm³/mol. The average Bonchev–Trinajstić information content (AvgIpc) is 2.74. The Labute approximate surface area is 160 Å². The summed E-state index contributed by atoms with van der Waals surface area (Å²) in [6.45, 7) is 3.04. The molecule has 27 heavy (non-hydrogen) atoms. The number of nitrogens with one attached hydrogen (secondary N) is 1. The fourth-order valence-electron chi connectivity index (χ4n) is 3.21. The van der Waals surface area contributed by atoms with Crippen molar-refractivity contribution in [2.24, 2.45) is 11.7 Å². The number of carbonyl (C=O) groups excluding carboxylic acids is 1. The number of hydrogen-bond donors (Lipinski definition) is 2. The molecule has 0 spiro atoms. The molecule has 0 aliphatic carbocycles. The van der Waals surface area contributed by atoms with Crippen LogP contribution in [0.3, 0.4) is 0 Å². The molecule has 1 unspecified atom stereocenters. The van der Waals surface area contributed by atoms with Crippen molar-refractivity contribution < 1.29 is 14.3 Å². The highest BCUT2D eigenvalue weighted by atomic mass is 16.5. The molecule has 0 radical (unpaired) electrons. The molecule has 5 nitrogen and oxygen atoms in total. The van der Waals surface area contributed by atoms with Gasteiger partial charge in [0.05, 0.1) is 19.3 Å². The van der Waals surface area contributed by atoms with E-state index in [0.29, 0.717) is 33.0 Å². The standard InChI is InChI=1S/C22H28N2O3/c23-21(20-10-12-26-13-11-20)22(25)24-14-17-6-8-19(9-7-17)16-27-15-18-4-2-1-3-5-18/h1-9,20-21H,10-16,23H2,(H,24,25). The molecule has 1 atom stereocenters. The Morgan fingerprint density at radius 1 is 1.00 bits per heavy atom. The van der Waals surface area contributed by atoms with E-state index in [4.69, 9.17) is 15.2 Å². The normalized spacial score (nSPS) is 16.0. The maximum Gasteiger partial charge on any atom is 0.237 e. The van der Waals surface area contributed by atoms with E-state index >= 15 is 0 Å². The summed E-state index contributed by atoms with van der Waals surface area (Å²) in [5.74, 6) is 0.125. The van der Waals surface area contributed by atoms with Crippen molar-refractivity contribution in [1.82, 2.24) is 5.32 Å². The maximum atomic E-state index is 12.3. The quantitative estimate of drug-likeness (QED) is 0.751. The number of benzene rings is 2. The summed E-state index contributed by atoms with van der Waals surface area (Å²) in [4.78, 5) is 12.3. The summed E-state index contributed by atoms with van der Waals surface area (Å²) in [5, 5.41) is 2.94. The molecular weight excluding hydrogens is 340 g/mol. The summed E-state index contributed by atoms with van der Waals surface area (Å²) in [5.41, 5.74) is 9.42. The van der Waals surface area contributed by atoms with Crippen LogP contribution in [0.1, 0.15) is 29.5 Å². The minimum Gasteiger partial charge on any atom is -0.381 e. The van der Waals surface area contributed by atoms with Gasteiger partial charge in [0.25, 0.3) is 0 Å². The zero-order valence-electron chi connectivity index (χ0n) is 15.6. The van der Waals surface area contributed by atoms with Crippen molar-refractivity contribution in [3.63, 3.8) is 0 Å². The second-order valence-corrected chi connectivity index (χ2v) is 6.99. The molecule has 0 aromatic heterocycles. The molecule has 144 valence electrons. The van der Waals surface area contributed by atoms with Crippen LogP contribution in [0.15, 0.2) is 54.6 Å². The molecule has 3 N–H and O–H groups in total. The number of rotatable bonds is 8. The minimum absolute atomic E-state index is 0.0860. The van der Waals surface area contributed by atoms with Crippen LogP contribution in [-0.2, 0) is 34.0 Å². The Hall–Kier alpha value is -2.21. The summed E-state index contributed by atoms with van der Waals surface area (Å²) in [6.07, 6.45) is 1.71. The monoisotopic (exact) mass is 368 g/mol. The lowest BCUT2D eigenvalue weighted by Gasteiger charge is -2.26. The summed E-state index contributed by atoms with van der Waals surface area (Å²) in [6, 6.07) is 17.8. The highest BCUT2D eigenvalue weighted by Crippen LogP contribution is 2.17. The molecule has 1 aliphatic rings. The van der Waals surface area contributed by atoms with Gasteiger partial charge in [-0.1, -0.05) is 54.6 Å². The van der Waals surface area contributed by atoms with Gasteiger partial charge < -0.3 is 20.5 Å². The first-order chi connectivity index (χ1) is 13.2. The average molecular weight is 368 g/mol. The molecule has 2 aromatic rings. The molecule has 2 aromatic carbocycles. The van der Waals surface area contributed by atoms with Crippen molar-refractivity contribution in [3.05, 3.63) is 71.3 Å². The van der Waals surface area contributed by atoms with Crippen molar-refractivity contribution in [3.8, 4) is 0 Å². The van der Waals surface area contributed by atoms with Gasteiger partial charge in [-0.25, -0.2) is 0 Å². The number of hydrogen-bond acceptors (Lipinski definition) is 4. The number of ether oxygens (including phenoxy) is 2. The van der Waals surface area contributed by atoms with E-state index in [1.54, 1.807) is 0 Å². The van der Waals surface area contributed by atoms with Crippen LogP contribution in [0.2, 0.25) is 0 Å². The molecule has 1 aliphatic heterocycles. The lowest BCUT2D eigenvalue weighted by atomic mass is 9.92. The first-order valence-corrected chi connectivity index (χ1v) is 9.53. The molecular formula is C22H28N2O3. The van der Waals surface area contributed by atoms with Gasteiger partial charge in [0, 0.05) is 19.8 Å². The van der Waals surface area contributed by atoms with Gasteiger partial charge in [-0.2, -0.15) is 0 Å². The number of amides is 1. The third kappa shape index (κ3) is 6.17. The van der Waals surface area contributed by atoms with Crippen molar-refractivity contribution in [2.75, 3.05) is 13.2 Å². The molecule has 3 rings (SSSR count). The van der Waals surface area contributed by atoms with E-state index in [0.717, 1.165) is 29.5 Å². The third-order valence-corrected chi connectivity index (χ3v) is 4.95. The van der Waals surface area contributed by atoms with Gasteiger partial charge in [-0.15, -0.1) is 0 Å². The Morgan fingerprint density at radius 3 is 2.26 bits per heavy atom. The van der Waals surface area contributed by atoms with E-state index in [1.165, 1.54) is 0 Å². The number of carbonyl (C=O) groups is 1. The van der Waals surface area contributed by atoms with Gasteiger partial charge in [0.2, 0.25) is 5.91 Å². The first-order valence-electron chi connectivity index (χ1n) is 9.53. The summed E-state index contributed by atoms with van der Waals surface area (Å²) in [7, 11) is 0. The topological polar surface area (TPSA) is 73.6 Å². The van der Waals surface area contributed by atoms with Crippen molar-refractivity contribution >= 4 is 5.91 Å². The highest BCUT2D eigenvalue weighted by Gasteiger charge is 2.26. The second kappa shape index (κ2) is 10.2. The smallest absolute Gasteiger partial charge is 0.237 e. The minimum atomic E-state index is -0.459. The van der Waals surface area contributed by atoms with Gasteiger partial charge >= 0.3 is 0 Å². The molecule has 1 fully saturated rings. The van der Waals surface area contributed by atoms with Gasteiger partial charge in [0.1, 0.15) is 0 Å². The zero-order chi connectivity index (χ0) is 18.9. The zero-order valence-corrected chi connectivity index (χ0v) is 15.6. The fraction of sp³-hybridized carbons (Fsp3) is 0.409. The third-order valence-electron chi connectivity index (χ3n) is 4.95. The molecule has 1 saturated heterocycles. The Balaban J connectivity index is 1.40. The van der Waals surface area contributed by atoms with Crippen LogP contribution in [0, 0.1) is 5.92 Å². The van der Waals surface area contributed by atoms with Crippen LogP contribution in [-0.4, -0.2) is 25.2 Å². The Kier molecular flexibility index (Phi) is 7.39. The van der Waals surface area contributed by atoms with E-state index in [1.807, 2.05) is 42.5 Å². The van der Waals surface area contributed by atoms with Crippen molar-refractivity contribution in [2.45, 2.75) is 38.6 Å². The van der Waals surface area contributed by atoms with Gasteiger partial charge in [-0.3, -0.25) is 4.79 Å². The van der Waals surface area contributed by atoms with E-state index in [2.05, 4.69) is 17.4 Å². The maximum absolute atomic E-state index is 12.3. The molecule has 0 bridgehead atoms. The molecule has 1 heterocycles. The van der Waals surface area contributed by atoms with Crippen LogP contribution in [0.4, 0.5) is 0 Å². The van der Waals surface area contributed by atoms with Gasteiger partial charge in [-0.05, 0) is 35.4 Å². The summed E-state index contributed by atoms with van der Waals surface area (Å²) < 4.78 is 11.1. The van der Waals surface area contributed by atoms with E-state index < -0.39 is 6.04 Å². The lowest BCUT2D eigenvalue weighted by molar-refractivity contribution is -0.124. The van der Waals surface area contributed by atoms with Crippen LogP contribution >= 0.6 is 0 Å². The van der Waals surface area contributed by atoms with Crippen LogP contribution in [0.5, 0.6) is 0 Å². The first kappa shape index (κ1) is 19.5. The van der Waals surface area contributed by atoms with E-state index in [-0.39, 0.29) is 11.8 Å². The molecule has 1 amide bonds. The Bertz CT molecular complexity index is 697. The fourth-order valence-corrected chi connectivity index (χ4v) is 3.21.